The van der Waals surface area contributed by atoms with E-state index in [4.69, 9.17) is 27.9 Å². The molecule has 2 rings (SSSR count). The van der Waals surface area contributed by atoms with Crippen LogP contribution in [0.25, 0.3) is 0 Å². The molecule has 0 radical (unpaired) electrons. The topological polar surface area (TPSA) is 26.3 Å². The lowest BCUT2D eigenvalue weighted by Crippen LogP contribution is -2.12. The largest absolute Gasteiger partial charge is 0.485 e. The molecule has 0 heterocycles. The van der Waals surface area contributed by atoms with E-state index < -0.39 is 5.82 Å². The van der Waals surface area contributed by atoms with Gasteiger partial charge in [0.2, 0.25) is 5.78 Å². The van der Waals surface area contributed by atoms with E-state index >= 15 is 0 Å². The van der Waals surface area contributed by atoms with Crippen molar-refractivity contribution >= 4 is 44.9 Å². The standard InChI is InChI=1S/C14H8BrCl2FO2/c15-11-3-2-9(6-13(11)18)20-7-14(19)10-5-8(16)1-4-12(10)17/h1-6H,7H2. The number of rotatable bonds is 4. The lowest BCUT2D eigenvalue weighted by Gasteiger charge is -2.07. The summed E-state index contributed by atoms with van der Waals surface area (Å²) in [5, 5.41) is 0.706. The van der Waals surface area contributed by atoms with Gasteiger partial charge in [0, 0.05) is 16.7 Å². The predicted molar refractivity (Wildman–Crippen MR) is 80.4 cm³/mol. The van der Waals surface area contributed by atoms with Crippen molar-refractivity contribution in [1.29, 1.82) is 0 Å². The Hall–Kier alpha value is -1.10. The van der Waals surface area contributed by atoms with E-state index in [1.807, 2.05) is 0 Å². The Morgan fingerprint density at radius 3 is 2.65 bits per heavy atom. The molecule has 0 atom stereocenters. The van der Waals surface area contributed by atoms with Crippen molar-refractivity contribution in [3.05, 3.63) is 62.3 Å². The molecule has 104 valence electrons. The van der Waals surface area contributed by atoms with Gasteiger partial charge in [-0.1, -0.05) is 23.2 Å². The maximum absolute atomic E-state index is 13.3. The van der Waals surface area contributed by atoms with Crippen LogP contribution >= 0.6 is 39.1 Å². The van der Waals surface area contributed by atoms with Gasteiger partial charge in [0.1, 0.15) is 11.6 Å². The van der Waals surface area contributed by atoms with Crippen molar-refractivity contribution in [2.24, 2.45) is 0 Å². The van der Waals surface area contributed by atoms with Crippen LogP contribution in [0, 0.1) is 5.82 Å². The minimum Gasteiger partial charge on any atom is -0.485 e. The van der Waals surface area contributed by atoms with Gasteiger partial charge in [-0.15, -0.1) is 0 Å². The zero-order chi connectivity index (χ0) is 14.7. The van der Waals surface area contributed by atoms with Crippen LogP contribution in [0.1, 0.15) is 10.4 Å². The predicted octanol–water partition coefficient (Wildman–Crippen LogP) is 5.16. The molecule has 0 saturated heterocycles. The fourth-order valence-electron chi connectivity index (χ4n) is 1.50. The summed E-state index contributed by atoms with van der Waals surface area (Å²) in [7, 11) is 0. The average Bonchev–Trinajstić information content (AvgIpc) is 2.42. The molecule has 6 heteroatoms. The second-order valence-corrected chi connectivity index (χ2v) is 5.61. The highest BCUT2D eigenvalue weighted by atomic mass is 79.9. The van der Waals surface area contributed by atoms with Gasteiger partial charge < -0.3 is 4.74 Å². The number of ether oxygens (including phenoxy) is 1. The van der Waals surface area contributed by atoms with Crippen LogP contribution in [0.4, 0.5) is 4.39 Å². The average molecular weight is 378 g/mol. The maximum Gasteiger partial charge on any atom is 0.201 e. The number of carbonyl (C=O) groups is 1. The van der Waals surface area contributed by atoms with Gasteiger partial charge in [-0.3, -0.25) is 4.79 Å². The first-order chi connectivity index (χ1) is 9.47. The van der Waals surface area contributed by atoms with Crippen LogP contribution in [-0.2, 0) is 0 Å². The molecule has 2 aromatic rings. The van der Waals surface area contributed by atoms with E-state index in [0.717, 1.165) is 0 Å². The first kappa shape index (κ1) is 15.3. The van der Waals surface area contributed by atoms with Gasteiger partial charge in [0.15, 0.2) is 6.61 Å². The van der Waals surface area contributed by atoms with Crippen LogP contribution < -0.4 is 4.74 Å². The fourth-order valence-corrected chi connectivity index (χ4v) is 2.15. The number of Topliss-reactive ketones (excluding diaryl/α,β-unsaturated/α-hetero) is 1. The normalized spacial score (nSPS) is 10.4. The van der Waals surface area contributed by atoms with Crippen molar-refractivity contribution in [3.63, 3.8) is 0 Å². The molecule has 0 spiro atoms. The second kappa shape index (κ2) is 6.57. The van der Waals surface area contributed by atoms with Crippen molar-refractivity contribution in [2.75, 3.05) is 6.61 Å². The van der Waals surface area contributed by atoms with Crippen LogP contribution in [0.15, 0.2) is 40.9 Å². The lowest BCUT2D eigenvalue weighted by atomic mass is 10.1. The molecule has 0 saturated carbocycles. The Bertz CT molecular complexity index is 662. The highest BCUT2D eigenvalue weighted by molar-refractivity contribution is 9.10. The van der Waals surface area contributed by atoms with E-state index in [1.165, 1.54) is 24.3 Å². The summed E-state index contributed by atoms with van der Waals surface area (Å²) >= 11 is 14.8. The second-order valence-electron chi connectivity index (χ2n) is 3.91. The number of benzene rings is 2. The van der Waals surface area contributed by atoms with Gasteiger partial charge in [-0.25, -0.2) is 4.39 Å². The summed E-state index contributed by atoms with van der Waals surface area (Å²) in [5.41, 5.74) is 0.275. The van der Waals surface area contributed by atoms with Gasteiger partial charge >= 0.3 is 0 Å². The summed E-state index contributed by atoms with van der Waals surface area (Å²) in [6.45, 7) is -0.249. The van der Waals surface area contributed by atoms with E-state index in [1.54, 1.807) is 12.1 Å². The summed E-state index contributed by atoms with van der Waals surface area (Å²) in [4.78, 5) is 12.0. The summed E-state index contributed by atoms with van der Waals surface area (Å²) in [5.74, 6) is -0.534. The van der Waals surface area contributed by atoms with Crippen LogP contribution in [0.2, 0.25) is 10.0 Å². The fraction of sp³-hybridized carbons (Fsp3) is 0.0714. The first-order valence-electron chi connectivity index (χ1n) is 5.53. The highest BCUT2D eigenvalue weighted by Gasteiger charge is 2.12. The molecule has 0 amide bonds. The Labute approximate surface area is 133 Å². The monoisotopic (exact) mass is 376 g/mol. The zero-order valence-corrected chi connectivity index (χ0v) is 13.1. The maximum atomic E-state index is 13.3. The molecule has 0 unspecified atom stereocenters. The van der Waals surface area contributed by atoms with Gasteiger partial charge in [-0.05, 0) is 46.3 Å². The SMILES string of the molecule is O=C(COc1ccc(Br)c(F)c1)c1cc(Cl)ccc1Cl. The molecule has 2 aromatic carbocycles. The molecule has 0 aromatic heterocycles. The molecular formula is C14H8BrCl2FO2. The minimum atomic E-state index is -0.462. The number of ketones is 1. The third-order valence-corrected chi connectivity index (χ3v) is 3.70. The van der Waals surface area contributed by atoms with Gasteiger partial charge in [0.05, 0.1) is 9.50 Å². The molecule has 0 aliphatic carbocycles. The third-order valence-electron chi connectivity index (χ3n) is 2.49. The summed E-state index contributed by atoms with van der Waals surface area (Å²) < 4.78 is 18.9. The summed E-state index contributed by atoms with van der Waals surface area (Å²) in [6, 6.07) is 8.85. The van der Waals surface area contributed by atoms with Crippen molar-refractivity contribution < 1.29 is 13.9 Å². The Morgan fingerprint density at radius 2 is 1.95 bits per heavy atom. The molecule has 0 N–H and O–H groups in total. The van der Waals surface area contributed by atoms with E-state index in [2.05, 4.69) is 15.9 Å². The van der Waals surface area contributed by atoms with Crippen LogP contribution in [0.5, 0.6) is 5.75 Å². The molecule has 0 aliphatic heterocycles. The minimum absolute atomic E-state index is 0.249. The zero-order valence-electron chi connectivity index (χ0n) is 10.00. The van der Waals surface area contributed by atoms with E-state index in [0.29, 0.717) is 14.5 Å². The van der Waals surface area contributed by atoms with Crippen LogP contribution in [0.3, 0.4) is 0 Å². The number of carbonyl (C=O) groups excluding carboxylic acids is 1. The van der Waals surface area contributed by atoms with Crippen molar-refractivity contribution in [3.8, 4) is 5.75 Å². The Kier molecular flexibility index (Phi) is 5.02. The molecule has 0 aliphatic rings. The molecular weight excluding hydrogens is 370 g/mol. The molecule has 20 heavy (non-hydrogen) atoms. The molecule has 0 bridgehead atoms. The quantitative estimate of drug-likeness (QED) is 0.688. The van der Waals surface area contributed by atoms with Crippen molar-refractivity contribution in [1.82, 2.24) is 0 Å². The highest BCUT2D eigenvalue weighted by Crippen LogP contribution is 2.23. The number of hydrogen-bond acceptors (Lipinski definition) is 2. The Morgan fingerprint density at radius 1 is 1.20 bits per heavy atom. The lowest BCUT2D eigenvalue weighted by molar-refractivity contribution is 0.0921. The Balaban J connectivity index is 2.08. The van der Waals surface area contributed by atoms with Gasteiger partial charge in [0.25, 0.3) is 0 Å². The number of hydrogen-bond donors (Lipinski definition) is 0. The van der Waals surface area contributed by atoms with Crippen LogP contribution in [-0.4, -0.2) is 12.4 Å². The van der Waals surface area contributed by atoms with Gasteiger partial charge in [-0.2, -0.15) is 0 Å². The smallest absolute Gasteiger partial charge is 0.201 e. The van der Waals surface area contributed by atoms with E-state index in [9.17, 15) is 9.18 Å². The first-order valence-corrected chi connectivity index (χ1v) is 7.08. The molecule has 2 nitrogen and oxygen atoms in total. The molecule has 0 fully saturated rings. The van der Waals surface area contributed by atoms with Crippen molar-refractivity contribution in [2.45, 2.75) is 0 Å². The number of halogens is 4. The summed E-state index contributed by atoms with van der Waals surface area (Å²) in [6.07, 6.45) is 0. The van der Waals surface area contributed by atoms with E-state index in [-0.39, 0.29) is 23.7 Å². The third kappa shape index (κ3) is 3.72.